The van der Waals surface area contributed by atoms with E-state index in [0.717, 1.165) is 42.4 Å². The van der Waals surface area contributed by atoms with Crippen LogP contribution < -0.4 is 14.5 Å². The maximum Gasteiger partial charge on any atom is 0.251 e. The molecule has 2 fully saturated rings. The first-order valence-corrected chi connectivity index (χ1v) is 11.3. The fraction of sp³-hybridized carbons (Fsp3) is 0.480. The van der Waals surface area contributed by atoms with Gasteiger partial charge in [-0.05, 0) is 63.2 Å². The summed E-state index contributed by atoms with van der Waals surface area (Å²) in [6, 6.07) is 10.5. The van der Waals surface area contributed by atoms with Crippen molar-refractivity contribution < 1.29 is 19.0 Å². The number of aromatic nitrogens is 1. The zero-order chi connectivity index (χ0) is 21.9. The molecule has 2 spiro atoms. The lowest BCUT2D eigenvalue weighted by molar-refractivity contribution is -0.313. The van der Waals surface area contributed by atoms with Gasteiger partial charge in [-0.15, -0.1) is 0 Å². The highest BCUT2D eigenvalue weighted by atomic mass is 16.8. The van der Waals surface area contributed by atoms with Gasteiger partial charge in [0.25, 0.3) is 5.79 Å². The average Bonchev–Trinajstić information content (AvgIpc) is 3.18. The van der Waals surface area contributed by atoms with Crippen LogP contribution in [-0.4, -0.2) is 61.2 Å². The fourth-order valence-corrected chi connectivity index (χ4v) is 7.21. The van der Waals surface area contributed by atoms with Crippen LogP contribution >= 0.6 is 0 Å². The van der Waals surface area contributed by atoms with Crippen LogP contribution in [0.2, 0.25) is 0 Å². The topological polar surface area (TPSA) is 56.3 Å². The van der Waals surface area contributed by atoms with E-state index in [1.54, 1.807) is 14.2 Å². The zero-order valence-corrected chi connectivity index (χ0v) is 18.8. The Morgan fingerprint density at radius 3 is 2.81 bits per heavy atom. The molecule has 6 aliphatic rings. The molecule has 1 aromatic carbocycles. The molecular formula is C25H27N3O4. The highest BCUT2D eigenvalue weighted by molar-refractivity contribution is 5.69. The number of piperidine rings is 1. The van der Waals surface area contributed by atoms with Crippen molar-refractivity contribution in [3.63, 3.8) is 0 Å². The van der Waals surface area contributed by atoms with E-state index in [2.05, 4.69) is 30.2 Å². The Kier molecular flexibility index (Phi) is 3.45. The molecule has 0 radical (unpaired) electrons. The molecule has 2 aliphatic carbocycles. The molecular weight excluding hydrogens is 406 g/mol. The van der Waals surface area contributed by atoms with Crippen LogP contribution in [0.3, 0.4) is 0 Å². The predicted molar refractivity (Wildman–Crippen MR) is 118 cm³/mol. The Bertz CT molecular complexity index is 1180. The van der Waals surface area contributed by atoms with Crippen LogP contribution in [0.5, 0.6) is 11.5 Å². The van der Waals surface area contributed by atoms with E-state index in [-0.39, 0.29) is 17.6 Å². The van der Waals surface area contributed by atoms with Crippen molar-refractivity contribution in [1.82, 2.24) is 9.88 Å². The number of nitrogens with zero attached hydrogens (tertiary/aromatic N) is 3. The molecule has 4 aliphatic heterocycles. The van der Waals surface area contributed by atoms with Crippen LogP contribution in [0.4, 0.5) is 5.82 Å². The van der Waals surface area contributed by atoms with E-state index in [1.807, 2.05) is 36.3 Å². The molecule has 0 N–H and O–H groups in total. The second-order valence-electron chi connectivity index (χ2n) is 9.66. The largest absolute Gasteiger partial charge is 0.493 e. The second kappa shape index (κ2) is 5.84. The van der Waals surface area contributed by atoms with Crippen molar-refractivity contribution in [2.45, 2.75) is 48.7 Å². The summed E-state index contributed by atoms with van der Waals surface area (Å²) in [6.07, 6.45) is 5.90. The maximum absolute atomic E-state index is 6.77. The minimum absolute atomic E-state index is 0.197. The van der Waals surface area contributed by atoms with Crippen molar-refractivity contribution in [3.8, 4) is 11.5 Å². The number of pyridine rings is 1. The molecule has 4 bridgehead atoms. The summed E-state index contributed by atoms with van der Waals surface area (Å²) in [5.41, 5.74) is 2.73. The quantitative estimate of drug-likeness (QED) is 0.690. The van der Waals surface area contributed by atoms with Gasteiger partial charge in [0, 0.05) is 24.4 Å². The summed E-state index contributed by atoms with van der Waals surface area (Å²) in [6.45, 7) is 2.99. The van der Waals surface area contributed by atoms with Crippen LogP contribution in [0.1, 0.15) is 23.2 Å². The van der Waals surface area contributed by atoms with Crippen LogP contribution in [-0.2, 0) is 21.4 Å². The molecule has 32 heavy (non-hydrogen) atoms. The monoisotopic (exact) mass is 433 g/mol. The van der Waals surface area contributed by atoms with Gasteiger partial charge in [-0.3, -0.25) is 0 Å². The smallest absolute Gasteiger partial charge is 0.251 e. The first-order chi connectivity index (χ1) is 15.5. The lowest BCUT2D eigenvalue weighted by Crippen LogP contribution is -2.87. The summed E-state index contributed by atoms with van der Waals surface area (Å²) >= 11 is 0. The number of aryl methyl sites for hydroxylation is 1. The van der Waals surface area contributed by atoms with E-state index in [4.69, 9.17) is 24.0 Å². The molecule has 0 amide bonds. The Morgan fingerprint density at radius 2 is 2.03 bits per heavy atom. The minimum atomic E-state index is -1.05. The Hall–Kier alpha value is -2.61. The number of hydroxylamine groups is 1. The van der Waals surface area contributed by atoms with Crippen LogP contribution in [0, 0.1) is 6.92 Å². The average molecular weight is 434 g/mol. The number of likely N-dealkylation sites (tertiary alicyclic amines) is 1. The fourth-order valence-electron chi connectivity index (χ4n) is 7.21. The zero-order valence-electron chi connectivity index (χ0n) is 18.8. The summed E-state index contributed by atoms with van der Waals surface area (Å²) in [4.78, 5) is 14.1. The normalized spacial score (nSPS) is 37.9. The minimum Gasteiger partial charge on any atom is -0.493 e. The van der Waals surface area contributed by atoms with Gasteiger partial charge in [0.1, 0.15) is 5.54 Å². The molecule has 2 aromatic rings. The van der Waals surface area contributed by atoms with Gasteiger partial charge in [-0.2, -0.15) is 0 Å². The van der Waals surface area contributed by atoms with Gasteiger partial charge in [0.05, 0.1) is 12.5 Å². The van der Waals surface area contributed by atoms with E-state index < -0.39 is 11.3 Å². The van der Waals surface area contributed by atoms with Gasteiger partial charge in [0.15, 0.2) is 23.4 Å². The standard InChI is InChI=1S/C25H27N3O4/c1-15-6-5-7-19(26-15)28-24-10-11-25(30-4,32-28)22-23(24)12-13-27(2)18(24)14-16-8-9-17(29-3)21(31-22)20(16)23/h5-11,18,22H,12-14H2,1-4H3/t18-,22-,23+,24-,25-/m1/s1. The third kappa shape index (κ3) is 1.82. The highest BCUT2D eigenvalue weighted by Crippen LogP contribution is 2.70. The van der Waals surface area contributed by atoms with Crippen LogP contribution in [0.25, 0.3) is 0 Å². The summed E-state index contributed by atoms with van der Waals surface area (Å²) in [5.74, 6) is 1.36. The molecule has 0 unspecified atom stereocenters. The van der Waals surface area contributed by atoms with Gasteiger partial charge in [-0.1, -0.05) is 18.2 Å². The van der Waals surface area contributed by atoms with Gasteiger partial charge in [-0.25, -0.2) is 14.9 Å². The summed E-state index contributed by atoms with van der Waals surface area (Å²) in [7, 11) is 5.62. The lowest BCUT2D eigenvalue weighted by atomic mass is 9.47. The maximum atomic E-state index is 6.77. The van der Waals surface area contributed by atoms with Crippen molar-refractivity contribution >= 4 is 5.82 Å². The molecule has 2 saturated heterocycles. The summed E-state index contributed by atoms with van der Waals surface area (Å²) in [5, 5.41) is 2.04. The van der Waals surface area contributed by atoms with Crippen molar-refractivity contribution in [3.05, 3.63) is 59.3 Å². The van der Waals surface area contributed by atoms with Crippen LogP contribution in [0.15, 0.2) is 42.5 Å². The molecule has 1 aromatic heterocycles. The molecule has 5 atom stereocenters. The number of likely N-dealkylation sites (N-methyl/N-ethyl adjacent to an activating group) is 1. The van der Waals surface area contributed by atoms with E-state index in [9.17, 15) is 0 Å². The second-order valence-corrected chi connectivity index (χ2v) is 9.66. The van der Waals surface area contributed by atoms with E-state index in [0.29, 0.717) is 0 Å². The first-order valence-electron chi connectivity index (χ1n) is 11.3. The first kappa shape index (κ1) is 18.9. The van der Waals surface area contributed by atoms with E-state index in [1.165, 1.54) is 11.1 Å². The number of hydrogen-bond donors (Lipinski definition) is 0. The van der Waals surface area contributed by atoms with Crippen molar-refractivity contribution in [1.29, 1.82) is 0 Å². The molecule has 5 heterocycles. The molecule has 7 heteroatoms. The van der Waals surface area contributed by atoms with Crippen molar-refractivity contribution in [2.75, 3.05) is 32.9 Å². The summed E-state index contributed by atoms with van der Waals surface area (Å²) < 4.78 is 18.7. The molecule has 166 valence electrons. The van der Waals surface area contributed by atoms with Gasteiger partial charge < -0.3 is 19.1 Å². The SMILES string of the molecule is COc1ccc2c3c1O[C@H]1[C@@]4(OC)C=C[C@]5([C@@H](C2)N(C)CC[C@]315)N(c1cccc(C)n1)O4. The molecule has 7 nitrogen and oxygen atoms in total. The Balaban J connectivity index is 1.59. The predicted octanol–water partition coefficient (Wildman–Crippen LogP) is 2.76. The van der Waals surface area contributed by atoms with Gasteiger partial charge in [0.2, 0.25) is 0 Å². The highest BCUT2D eigenvalue weighted by Gasteiger charge is 2.81. The van der Waals surface area contributed by atoms with Gasteiger partial charge >= 0.3 is 0 Å². The third-order valence-electron chi connectivity index (χ3n) is 8.49. The Morgan fingerprint density at radius 1 is 1.16 bits per heavy atom. The molecule has 0 saturated carbocycles. The van der Waals surface area contributed by atoms with E-state index >= 15 is 0 Å². The molecule has 8 rings (SSSR count). The number of fused-ring (bicyclic) bond motifs is 1. The number of hydrogen-bond acceptors (Lipinski definition) is 7. The lowest BCUT2D eigenvalue weighted by Gasteiger charge is -2.71. The number of benzene rings is 1. The van der Waals surface area contributed by atoms with Crippen molar-refractivity contribution in [2.24, 2.45) is 0 Å². The number of rotatable bonds is 3. The number of anilines is 1. The third-order valence-corrected chi connectivity index (χ3v) is 8.49. The Labute approximate surface area is 187 Å². The number of methoxy groups -OCH3 is 2. The number of ether oxygens (including phenoxy) is 3.